The molecule has 4 N–H and O–H groups in total. The minimum absolute atomic E-state index is 0.167. The maximum absolute atomic E-state index is 12.9. The third kappa shape index (κ3) is 9.21. The first kappa shape index (κ1) is 29.8. The van der Waals surface area contributed by atoms with Crippen molar-refractivity contribution in [2.45, 2.75) is 69.9 Å². The Morgan fingerprint density at radius 2 is 1.47 bits per heavy atom. The number of hydrogen-bond acceptors (Lipinski definition) is 8. The van der Waals surface area contributed by atoms with Gasteiger partial charge in [-0.05, 0) is 44.1 Å². The number of carbonyl (C=O) groups excluding carboxylic acids is 4. The van der Waals surface area contributed by atoms with Crippen molar-refractivity contribution in [1.29, 1.82) is 0 Å². The highest BCUT2D eigenvalue weighted by Gasteiger charge is 2.48. The molecular formula is C20H28N6O10. The van der Waals surface area contributed by atoms with Crippen molar-refractivity contribution in [1.82, 2.24) is 15.1 Å². The summed E-state index contributed by atoms with van der Waals surface area (Å²) in [6, 6.07) is -5.01. The van der Waals surface area contributed by atoms with Crippen LogP contribution < -0.4 is 5.32 Å². The van der Waals surface area contributed by atoms with Crippen LogP contribution in [0.25, 0.3) is 10.4 Å². The zero-order chi connectivity index (χ0) is 27.3. The first-order valence-corrected chi connectivity index (χ1v) is 11.1. The molecule has 0 aromatic rings. The van der Waals surface area contributed by atoms with Crippen LogP contribution in [0.2, 0.25) is 0 Å². The van der Waals surface area contributed by atoms with Gasteiger partial charge in [0.1, 0.15) is 18.5 Å². The Balaban J connectivity index is 2.74. The molecule has 0 aromatic heterocycles. The van der Waals surface area contributed by atoms with Gasteiger partial charge in [0.15, 0.2) is 0 Å². The molecule has 198 valence electrons. The number of rotatable bonds is 17. The third-order valence-electron chi connectivity index (χ3n) is 5.28. The summed E-state index contributed by atoms with van der Waals surface area (Å²) in [4.78, 5) is 86.7. The van der Waals surface area contributed by atoms with Gasteiger partial charge in [-0.25, -0.2) is 24.2 Å². The zero-order valence-electron chi connectivity index (χ0n) is 19.4. The van der Waals surface area contributed by atoms with Gasteiger partial charge in [0.05, 0.1) is 0 Å². The molecule has 16 nitrogen and oxygen atoms in total. The van der Waals surface area contributed by atoms with E-state index in [2.05, 4.69) is 15.3 Å². The lowest BCUT2D eigenvalue weighted by molar-refractivity contribution is -0.158. The molecule has 16 heteroatoms. The number of nitrogens with one attached hydrogen (secondary N) is 1. The van der Waals surface area contributed by atoms with E-state index in [4.69, 9.17) is 10.6 Å². The van der Waals surface area contributed by atoms with Gasteiger partial charge in [0, 0.05) is 30.8 Å². The summed E-state index contributed by atoms with van der Waals surface area (Å²) in [5.74, 6) is -7.10. The van der Waals surface area contributed by atoms with Crippen molar-refractivity contribution >= 4 is 41.7 Å². The number of carboxylic acid groups (broad SMARTS) is 3. The summed E-state index contributed by atoms with van der Waals surface area (Å²) >= 11 is 0. The molecule has 1 heterocycles. The number of hydrogen-bond donors (Lipinski definition) is 4. The second-order valence-corrected chi connectivity index (χ2v) is 7.88. The Hall–Kier alpha value is -4.20. The molecule has 0 bridgehead atoms. The van der Waals surface area contributed by atoms with Crippen molar-refractivity contribution in [3.63, 3.8) is 0 Å². The molecule has 1 fully saturated rings. The largest absolute Gasteiger partial charge is 0.481 e. The van der Waals surface area contributed by atoms with E-state index >= 15 is 0 Å². The maximum Gasteiger partial charge on any atom is 0.335 e. The normalized spacial score (nSPS) is 15.2. The number of carbonyl (C=O) groups is 7. The van der Waals surface area contributed by atoms with Gasteiger partial charge in [-0.3, -0.25) is 19.2 Å². The van der Waals surface area contributed by atoms with E-state index in [1.165, 1.54) is 0 Å². The molecular weight excluding hydrogens is 484 g/mol. The Labute approximate surface area is 204 Å². The van der Waals surface area contributed by atoms with E-state index in [1.54, 1.807) is 0 Å². The molecule has 0 spiro atoms. The Bertz CT molecular complexity index is 932. The van der Waals surface area contributed by atoms with Crippen LogP contribution in [-0.2, 0) is 28.8 Å². The Morgan fingerprint density at radius 1 is 0.889 bits per heavy atom. The molecule has 0 radical (unpaired) electrons. The van der Waals surface area contributed by atoms with Crippen LogP contribution in [0, 0.1) is 0 Å². The van der Waals surface area contributed by atoms with Gasteiger partial charge < -0.3 is 20.6 Å². The van der Waals surface area contributed by atoms with Crippen molar-refractivity contribution in [3.05, 3.63) is 10.4 Å². The van der Waals surface area contributed by atoms with Gasteiger partial charge in [-0.15, -0.1) is 0 Å². The fourth-order valence-corrected chi connectivity index (χ4v) is 3.52. The van der Waals surface area contributed by atoms with E-state index in [9.17, 15) is 43.8 Å². The number of carboxylic acids is 3. The fraction of sp³-hybridized carbons (Fsp3) is 0.650. The molecule has 1 saturated heterocycles. The van der Waals surface area contributed by atoms with Crippen LogP contribution in [0.4, 0.5) is 4.79 Å². The molecule has 5 amide bonds. The summed E-state index contributed by atoms with van der Waals surface area (Å²) in [5, 5.41) is 33.8. The second-order valence-electron chi connectivity index (χ2n) is 7.88. The van der Waals surface area contributed by atoms with E-state index < -0.39 is 67.1 Å². The Kier molecular flexibility index (Phi) is 12.4. The second kappa shape index (κ2) is 14.9. The molecule has 1 aliphatic heterocycles. The molecule has 1 unspecified atom stereocenters. The van der Waals surface area contributed by atoms with Crippen molar-refractivity contribution in [3.8, 4) is 0 Å². The standard InChI is InChI=1S/C20H28N6O10/c21-24-23-10-4-2-6-14(27)22-9-3-1-5-12(18(32)33)25-15(28)11-16(29)26(20(25)36)13(19(34)35)7-8-17(30)31/h12-13H,1-11H2,(H,22,27)(H,30,31)(H,32,33)(H,34,35)/t12-,13?/m0/s1. The first-order valence-electron chi connectivity index (χ1n) is 11.1. The van der Waals surface area contributed by atoms with Crippen LogP contribution in [0.15, 0.2) is 5.11 Å². The van der Waals surface area contributed by atoms with Crippen LogP contribution in [0.5, 0.6) is 0 Å². The lowest BCUT2D eigenvalue weighted by atomic mass is 10.0. The number of unbranched alkanes of at least 4 members (excludes halogenated alkanes) is 2. The number of aliphatic carboxylic acids is 3. The molecule has 0 aliphatic carbocycles. The number of amides is 5. The lowest BCUT2D eigenvalue weighted by Gasteiger charge is -2.38. The smallest absolute Gasteiger partial charge is 0.335 e. The molecule has 1 rings (SSSR count). The Morgan fingerprint density at radius 3 is 2.00 bits per heavy atom. The molecule has 1 aliphatic rings. The first-order chi connectivity index (χ1) is 17.0. The van der Waals surface area contributed by atoms with Crippen LogP contribution in [0.3, 0.4) is 0 Å². The number of nitrogens with zero attached hydrogens (tertiary/aromatic N) is 5. The number of azide groups is 1. The van der Waals surface area contributed by atoms with Crippen molar-refractivity contribution < 1.29 is 48.9 Å². The zero-order valence-corrected chi connectivity index (χ0v) is 19.4. The van der Waals surface area contributed by atoms with Gasteiger partial charge in [-0.1, -0.05) is 5.11 Å². The minimum Gasteiger partial charge on any atom is -0.481 e. The van der Waals surface area contributed by atoms with Crippen molar-refractivity contribution in [2.24, 2.45) is 5.11 Å². The number of urea groups is 1. The fourth-order valence-electron chi connectivity index (χ4n) is 3.52. The van der Waals surface area contributed by atoms with Crippen LogP contribution in [0.1, 0.15) is 57.8 Å². The van der Waals surface area contributed by atoms with E-state index in [0.29, 0.717) is 24.2 Å². The number of imide groups is 2. The summed E-state index contributed by atoms with van der Waals surface area (Å²) in [7, 11) is 0. The van der Waals surface area contributed by atoms with E-state index in [-0.39, 0.29) is 43.2 Å². The van der Waals surface area contributed by atoms with Gasteiger partial charge >= 0.3 is 23.9 Å². The summed E-state index contributed by atoms with van der Waals surface area (Å²) in [5.41, 5.74) is 8.18. The predicted molar refractivity (Wildman–Crippen MR) is 118 cm³/mol. The number of barbiturate groups is 1. The highest BCUT2D eigenvalue weighted by atomic mass is 16.4. The molecule has 0 aromatic carbocycles. The van der Waals surface area contributed by atoms with E-state index in [1.807, 2.05) is 0 Å². The average molecular weight is 512 g/mol. The average Bonchev–Trinajstić information content (AvgIpc) is 2.78. The quantitative estimate of drug-likeness (QED) is 0.0698. The van der Waals surface area contributed by atoms with Crippen LogP contribution in [-0.4, -0.2) is 92.0 Å². The third-order valence-corrected chi connectivity index (χ3v) is 5.28. The van der Waals surface area contributed by atoms with Gasteiger partial charge in [0.2, 0.25) is 17.7 Å². The van der Waals surface area contributed by atoms with Crippen molar-refractivity contribution in [2.75, 3.05) is 13.1 Å². The van der Waals surface area contributed by atoms with E-state index in [0.717, 1.165) is 0 Å². The maximum atomic E-state index is 12.9. The van der Waals surface area contributed by atoms with Crippen LogP contribution >= 0.6 is 0 Å². The highest BCUT2D eigenvalue weighted by Crippen LogP contribution is 2.23. The SMILES string of the molecule is [N-]=[N+]=NCCCCC(=O)NCCCC[C@@H](C(=O)O)N1C(=O)CC(=O)N(C(CCC(=O)O)C(=O)O)C1=O. The highest BCUT2D eigenvalue weighted by molar-refractivity contribution is 6.16. The predicted octanol–water partition coefficient (Wildman–Crippen LogP) is 0.706. The summed E-state index contributed by atoms with van der Waals surface area (Å²) in [6.07, 6.45) is -0.697. The van der Waals surface area contributed by atoms with Gasteiger partial charge in [0.25, 0.3) is 0 Å². The summed E-state index contributed by atoms with van der Waals surface area (Å²) < 4.78 is 0. The lowest BCUT2D eigenvalue weighted by Crippen LogP contribution is -2.63. The molecule has 36 heavy (non-hydrogen) atoms. The molecule has 0 saturated carbocycles. The monoisotopic (exact) mass is 512 g/mol. The summed E-state index contributed by atoms with van der Waals surface area (Å²) in [6.45, 7) is 0.481. The van der Waals surface area contributed by atoms with Gasteiger partial charge in [-0.2, -0.15) is 0 Å². The molecule has 2 atom stereocenters. The minimum atomic E-state index is -1.88. The topological polar surface area (TPSA) is 247 Å².